The average Bonchev–Trinajstić information content (AvgIpc) is 3.17. The Morgan fingerprint density at radius 2 is 1.89 bits per heavy atom. The number of hydrogen-bond acceptors (Lipinski definition) is 5. The lowest BCUT2D eigenvalue weighted by atomic mass is 9.98. The van der Waals surface area contributed by atoms with E-state index >= 15 is 0 Å². The topological polar surface area (TPSA) is 78.4 Å². The Bertz CT molecular complexity index is 944. The van der Waals surface area contributed by atoms with Gasteiger partial charge < -0.3 is 15.3 Å². The standard InChI is InChI=1S/C22H22N4O2/c27-20-8-4-5-16(12-20)11-17-9-10-26(15-17)21(28)18-13-23-22(24-14-18)25-19-6-2-1-3-7-19/h1-8,12-14,17,27H,9-11,15H2,(H,23,24,25). The highest BCUT2D eigenvalue weighted by Gasteiger charge is 2.27. The van der Waals surface area contributed by atoms with Crippen molar-refractivity contribution in [2.75, 3.05) is 18.4 Å². The van der Waals surface area contributed by atoms with E-state index < -0.39 is 0 Å². The quantitative estimate of drug-likeness (QED) is 0.713. The fraction of sp³-hybridized carbons (Fsp3) is 0.227. The van der Waals surface area contributed by atoms with Crippen molar-refractivity contribution in [2.24, 2.45) is 5.92 Å². The summed E-state index contributed by atoms with van der Waals surface area (Å²) >= 11 is 0. The van der Waals surface area contributed by atoms with Gasteiger partial charge in [-0.1, -0.05) is 30.3 Å². The molecule has 1 aliphatic rings. The van der Waals surface area contributed by atoms with Crippen LogP contribution in [0.4, 0.5) is 11.6 Å². The monoisotopic (exact) mass is 374 g/mol. The zero-order valence-electron chi connectivity index (χ0n) is 15.5. The number of hydrogen-bond donors (Lipinski definition) is 2. The van der Waals surface area contributed by atoms with Gasteiger partial charge in [0.15, 0.2) is 0 Å². The molecular formula is C22H22N4O2. The zero-order valence-corrected chi connectivity index (χ0v) is 15.5. The highest BCUT2D eigenvalue weighted by Crippen LogP contribution is 2.24. The van der Waals surface area contributed by atoms with Crippen molar-refractivity contribution >= 4 is 17.5 Å². The highest BCUT2D eigenvalue weighted by molar-refractivity contribution is 5.93. The molecule has 1 fully saturated rings. The van der Waals surface area contributed by atoms with Gasteiger partial charge in [0.05, 0.1) is 5.56 Å². The zero-order chi connectivity index (χ0) is 19.3. The summed E-state index contributed by atoms with van der Waals surface area (Å²) in [5, 5.41) is 12.7. The van der Waals surface area contributed by atoms with Crippen molar-refractivity contribution in [3.63, 3.8) is 0 Å². The van der Waals surface area contributed by atoms with Gasteiger partial charge in [0.2, 0.25) is 5.95 Å². The Hall–Kier alpha value is -3.41. The van der Waals surface area contributed by atoms with Crippen LogP contribution in [0, 0.1) is 5.92 Å². The van der Waals surface area contributed by atoms with E-state index in [1.165, 1.54) is 0 Å². The first kappa shape index (κ1) is 18.0. The van der Waals surface area contributed by atoms with Gasteiger partial charge in [-0.2, -0.15) is 0 Å². The Labute approximate surface area is 163 Å². The number of likely N-dealkylation sites (tertiary alicyclic amines) is 1. The van der Waals surface area contributed by atoms with Crippen LogP contribution in [0.5, 0.6) is 5.75 Å². The summed E-state index contributed by atoms with van der Waals surface area (Å²) in [5.74, 6) is 1.10. The molecule has 4 rings (SSSR count). The number of rotatable bonds is 5. The maximum atomic E-state index is 12.8. The summed E-state index contributed by atoms with van der Waals surface area (Å²) in [6.45, 7) is 1.44. The first-order valence-corrected chi connectivity index (χ1v) is 9.39. The number of carbonyl (C=O) groups excluding carboxylic acids is 1. The number of para-hydroxylation sites is 1. The average molecular weight is 374 g/mol. The largest absolute Gasteiger partial charge is 0.508 e. The molecule has 6 nitrogen and oxygen atoms in total. The van der Waals surface area contributed by atoms with E-state index in [1.807, 2.05) is 47.4 Å². The second kappa shape index (κ2) is 8.08. The number of aromatic hydroxyl groups is 1. The van der Waals surface area contributed by atoms with E-state index in [2.05, 4.69) is 15.3 Å². The fourth-order valence-electron chi connectivity index (χ4n) is 3.54. The lowest BCUT2D eigenvalue weighted by molar-refractivity contribution is 0.0786. The van der Waals surface area contributed by atoms with Gasteiger partial charge in [0.1, 0.15) is 5.75 Å². The van der Waals surface area contributed by atoms with E-state index in [9.17, 15) is 9.90 Å². The fourth-order valence-corrected chi connectivity index (χ4v) is 3.54. The smallest absolute Gasteiger partial charge is 0.257 e. The second-order valence-electron chi connectivity index (χ2n) is 7.07. The predicted octanol–water partition coefficient (Wildman–Crippen LogP) is 3.63. The van der Waals surface area contributed by atoms with Crippen LogP contribution in [-0.2, 0) is 6.42 Å². The molecule has 0 bridgehead atoms. The van der Waals surface area contributed by atoms with Crippen LogP contribution in [0.3, 0.4) is 0 Å². The van der Waals surface area contributed by atoms with Crippen LogP contribution in [0.2, 0.25) is 0 Å². The predicted molar refractivity (Wildman–Crippen MR) is 108 cm³/mol. The molecule has 2 N–H and O–H groups in total. The number of benzene rings is 2. The lowest BCUT2D eigenvalue weighted by Crippen LogP contribution is -2.29. The number of amides is 1. The van der Waals surface area contributed by atoms with Gasteiger partial charge in [-0.05, 0) is 48.6 Å². The van der Waals surface area contributed by atoms with Gasteiger partial charge in [0.25, 0.3) is 5.91 Å². The molecule has 6 heteroatoms. The number of anilines is 2. The molecule has 0 aliphatic carbocycles. The summed E-state index contributed by atoms with van der Waals surface area (Å²) in [5.41, 5.74) is 2.49. The second-order valence-corrected chi connectivity index (χ2v) is 7.07. The molecule has 0 spiro atoms. The van der Waals surface area contributed by atoms with Crippen molar-refractivity contribution < 1.29 is 9.90 Å². The molecule has 3 aromatic rings. The number of nitrogens with one attached hydrogen (secondary N) is 1. The third-order valence-electron chi connectivity index (χ3n) is 4.94. The number of carbonyl (C=O) groups is 1. The molecule has 1 aromatic heterocycles. The van der Waals surface area contributed by atoms with Crippen LogP contribution in [0.1, 0.15) is 22.3 Å². The first-order valence-electron chi connectivity index (χ1n) is 9.39. The Morgan fingerprint density at radius 3 is 2.64 bits per heavy atom. The van der Waals surface area contributed by atoms with Crippen LogP contribution < -0.4 is 5.32 Å². The molecule has 1 atom stereocenters. The molecule has 1 amide bonds. The van der Waals surface area contributed by atoms with E-state index in [1.54, 1.807) is 24.5 Å². The Morgan fingerprint density at radius 1 is 1.11 bits per heavy atom. The highest BCUT2D eigenvalue weighted by atomic mass is 16.3. The third kappa shape index (κ3) is 4.28. The van der Waals surface area contributed by atoms with Gasteiger partial charge in [-0.25, -0.2) is 9.97 Å². The molecule has 0 radical (unpaired) electrons. The number of phenolic OH excluding ortho intramolecular Hbond substituents is 1. The maximum Gasteiger partial charge on any atom is 0.257 e. The number of nitrogens with zero attached hydrogens (tertiary/aromatic N) is 3. The van der Waals surface area contributed by atoms with Crippen molar-refractivity contribution in [1.29, 1.82) is 0 Å². The van der Waals surface area contributed by atoms with E-state index in [4.69, 9.17) is 0 Å². The Kier molecular flexibility index (Phi) is 5.19. The molecule has 28 heavy (non-hydrogen) atoms. The summed E-state index contributed by atoms with van der Waals surface area (Å²) in [6.07, 6.45) is 4.96. The van der Waals surface area contributed by atoms with Crippen molar-refractivity contribution in [3.8, 4) is 5.75 Å². The molecule has 0 saturated carbocycles. The van der Waals surface area contributed by atoms with Gasteiger partial charge in [0, 0.05) is 31.2 Å². The SMILES string of the molecule is O=C(c1cnc(Nc2ccccc2)nc1)N1CCC(Cc2cccc(O)c2)C1. The summed E-state index contributed by atoms with van der Waals surface area (Å²) in [7, 11) is 0. The molecule has 1 aliphatic heterocycles. The van der Waals surface area contributed by atoms with Crippen LogP contribution >= 0.6 is 0 Å². The number of phenols is 1. The summed E-state index contributed by atoms with van der Waals surface area (Å²) in [4.78, 5) is 23.1. The van der Waals surface area contributed by atoms with Gasteiger partial charge >= 0.3 is 0 Å². The van der Waals surface area contributed by atoms with Crippen LogP contribution in [-0.4, -0.2) is 39.0 Å². The minimum absolute atomic E-state index is 0.0373. The van der Waals surface area contributed by atoms with Crippen LogP contribution in [0.15, 0.2) is 67.0 Å². The van der Waals surface area contributed by atoms with Gasteiger partial charge in [-0.3, -0.25) is 4.79 Å². The summed E-state index contributed by atoms with van der Waals surface area (Å²) in [6, 6.07) is 17.0. The molecule has 142 valence electrons. The van der Waals surface area contributed by atoms with Crippen molar-refractivity contribution in [2.45, 2.75) is 12.8 Å². The van der Waals surface area contributed by atoms with Crippen molar-refractivity contribution in [3.05, 3.63) is 78.1 Å². The minimum atomic E-state index is -0.0373. The molecule has 2 aromatic carbocycles. The van der Waals surface area contributed by atoms with E-state index in [0.29, 0.717) is 24.0 Å². The maximum absolute atomic E-state index is 12.8. The van der Waals surface area contributed by atoms with Crippen LogP contribution in [0.25, 0.3) is 0 Å². The Balaban J connectivity index is 1.35. The number of aromatic nitrogens is 2. The normalized spacial score (nSPS) is 16.1. The molecule has 1 saturated heterocycles. The molecule has 2 heterocycles. The lowest BCUT2D eigenvalue weighted by Gasteiger charge is -2.16. The van der Waals surface area contributed by atoms with E-state index in [-0.39, 0.29) is 11.7 Å². The summed E-state index contributed by atoms with van der Waals surface area (Å²) < 4.78 is 0. The first-order chi connectivity index (χ1) is 13.7. The minimum Gasteiger partial charge on any atom is -0.508 e. The molecular weight excluding hydrogens is 352 g/mol. The molecule has 1 unspecified atom stereocenters. The van der Waals surface area contributed by atoms with Gasteiger partial charge in [-0.15, -0.1) is 0 Å². The third-order valence-corrected chi connectivity index (χ3v) is 4.94. The van der Waals surface area contributed by atoms with Crippen molar-refractivity contribution in [1.82, 2.24) is 14.9 Å². The van der Waals surface area contributed by atoms with E-state index in [0.717, 1.165) is 30.6 Å².